The van der Waals surface area contributed by atoms with E-state index in [4.69, 9.17) is 5.26 Å². The van der Waals surface area contributed by atoms with E-state index in [2.05, 4.69) is 32.2 Å². The van der Waals surface area contributed by atoms with Gasteiger partial charge in [-0.1, -0.05) is 15.9 Å². The molecule has 0 spiro atoms. The molecule has 1 N–H and O–H groups in total. The average Bonchev–Trinajstić information content (AvgIpc) is 2.69. The maximum atomic E-state index is 11.6. The van der Waals surface area contributed by atoms with E-state index in [9.17, 15) is 4.79 Å². The molecular formula is C9H9BrN4O. The maximum Gasteiger partial charge on any atom is 0.229 e. The summed E-state index contributed by atoms with van der Waals surface area (Å²) in [6.45, 7) is 2.33. The molecule has 15 heavy (non-hydrogen) atoms. The van der Waals surface area contributed by atoms with Crippen molar-refractivity contribution in [2.24, 2.45) is 0 Å². The fourth-order valence-electron chi connectivity index (χ4n) is 1.61. The predicted molar refractivity (Wildman–Crippen MR) is 57.7 cm³/mol. The fraction of sp³-hybridized carbons (Fsp3) is 0.444. The Morgan fingerprint density at radius 1 is 1.73 bits per heavy atom. The first kappa shape index (κ1) is 10.2. The number of nitrogens with one attached hydrogen (secondary N) is 1. The third-order valence-electron chi connectivity index (χ3n) is 2.37. The van der Waals surface area contributed by atoms with Gasteiger partial charge >= 0.3 is 0 Å². The van der Waals surface area contributed by atoms with Gasteiger partial charge in [-0.05, 0) is 6.92 Å². The molecule has 1 aliphatic rings. The molecular weight excluding hydrogens is 260 g/mol. The highest BCUT2D eigenvalue weighted by molar-refractivity contribution is 9.09. The molecule has 1 aromatic heterocycles. The van der Waals surface area contributed by atoms with Gasteiger partial charge in [-0.2, -0.15) is 10.4 Å². The summed E-state index contributed by atoms with van der Waals surface area (Å²) in [6, 6.07) is 2.05. The van der Waals surface area contributed by atoms with Gasteiger partial charge in [0.2, 0.25) is 5.91 Å². The van der Waals surface area contributed by atoms with Crippen LogP contribution in [-0.2, 0) is 4.79 Å². The molecule has 2 rings (SSSR count). The molecule has 0 aliphatic carbocycles. The molecule has 1 aliphatic heterocycles. The number of carbonyl (C=O) groups is 1. The number of carbonyl (C=O) groups excluding carboxylic acids is 1. The number of anilines is 1. The highest BCUT2D eigenvalue weighted by Crippen LogP contribution is 2.27. The number of aromatic amines is 1. The van der Waals surface area contributed by atoms with Crippen molar-refractivity contribution in [2.45, 2.75) is 18.2 Å². The molecule has 1 fully saturated rings. The van der Waals surface area contributed by atoms with Gasteiger partial charge in [-0.15, -0.1) is 0 Å². The highest BCUT2D eigenvalue weighted by Gasteiger charge is 2.32. The van der Waals surface area contributed by atoms with Crippen LogP contribution in [0.2, 0.25) is 0 Å². The fourth-order valence-corrected chi connectivity index (χ4v) is 2.18. The topological polar surface area (TPSA) is 72.8 Å². The number of aryl methyl sites for hydroxylation is 1. The third kappa shape index (κ3) is 1.63. The van der Waals surface area contributed by atoms with Crippen molar-refractivity contribution in [3.63, 3.8) is 0 Å². The van der Waals surface area contributed by atoms with Crippen molar-refractivity contribution < 1.29 is 4.79 Å². The Bertz CT molecular complexity index is 447. The number of hydrogen-bond donors (Lipinski definition) is 1. The smallest absolute Gasteiger partial charge is 0.229 e. The van der Waals surface area contributed by atoms with Crippen LogP contribution in [0.1, 0.15) is 17.7 Å². The predicted octanol–water partition coefficient (Wildman–Crippen LogP) is 1.09. The molecule has 1 unspecified atom stereocenters. The van der Waals surface area contributed by atoms with E-state index in [-0.39, 0.29) is 10.7 Å². The average molecular weight is 269 g/mol. The number of aromatic nitrogens is 2. The van der Waals surface area contributed by atoms with Crippen LogP contribution in [0.15, 0.2) is 0 Å². The van der Waals surface area contributed by atoms with E-state index in [1.807, 2.05) is 0 Å². The summed E-state index contributed by atoms with van der Waals surface area (Å²) in [5.41, 5.74) is 1.14. The first-order valence-electron chi connectivity index (χ1n) is 4.53. The standard InChI is InChI=1S/C9H9BrN4O/c1-5-7(3-11)9(13-12-5)14-4-6(10)2-8(14)15/h6H,2,4H2,1H3,(H,12,13). The Balaban J connectivity index is 2.39. The van der Waals surface area contributed by atoms with Crippen molar-refractivity contribution in [2.75, 3.05) is 11.4 Å². The SMILES string of the molecule is Cc1[nH]nc(N2CC(Br)CC2=O)c1C#N. The second-order valence-corrected chi connectivity index (χ2v) is 4.76. The van der Waals surface area contributed by atoms with Gasteiger partial charge in [0.25, 0.3) is 0 Å². The van der Waals surface area contributed by atoms with Crippen molar-refractivity contribution in [3.05, 3.63) is 11.3 Å². The number of amides is 1. The van der Waals surface area contributed by atoms with E-state index in [0.29, 0.717) is 30.0 Å². The van der Waals surface area contributed by atoms with Gasteiger partial charge in [0, 0.05) is 17.8 Å². The molecule has 78 valence electrons. The summed E-state index contributed by atoms with van der Waals surface area (Å²) in [4.78, 5) is 13.3. The Morgan fingerprint density at radius 3 is 3.00 bits per heavy atom. The van der Waals surface area contributed by atoms with E-state index < -0.39 is 0 Å². The third-order valence-corrected chi connectivity index (χ3v) is 2.99. The van der Waals surface area contributed by atoms with E-state index >= 15 is 0 Å². The summed E-state index contributed by atoms with van der Waals surface area (Å²) >= 11 is 3.39. The van der Waals surface area contributed by atoms with Crippen LogP contribution in [0.5, 0.6) is 0 Å². The molecule has 6 heteroatoms. The van der Waals surface area contributed by atoms with E-state index in [1.54, 1.807) is 11.8 Å². The molecule has 2 heterocycles. The first-order valence-corrected chi connectivity index (χ1v) is 5.44. The molecule has 0 bridgehead atoms. The molecule has 0 saturated carbocycles. The van der Waals surface area contributed by atoms with Crippen LogP contribution in [0, 0.1) is 18.3 Å². The minimum atomic E-state index is -0.000116. The van der Waals surface area contributed by atoms with Gasteiger partial charge in [0.1, 0.15) is 11.6 Å². The molecule has 1 atom stereocenters. The second kappa shape index (κ2) is 3.66. The van der Waals surface area contributed by atoms with Gasteiger partial charge in [0.15, 0.2) is 5.82 Å². The number of nitriles is 1. The normalized spacial score (nSPS) is 20.7. The lowest BCUT2D eigenvalue weighted by Crippen LogP contribution is -2.25. The van der Waals surface area contributed by atoms with Crippen molar-refractivity contribution in [1.82, 2.24) is 10.2 Å². The zero-order chi connectivity index (χ0) is 11.0. The molecule has 5 nitrogen and oxygen atoms in total. The number of H-pyrrole nitrogens is 1. The lowest BCUT2D eigenvalue weighted by atomic mass is 10.2. The van der Waals surface area contributed by atoms with Crippen molar-refractivity contribution in [3.8, 4) is 6.07 Å². The largest absolute Gasteiger partial charge is 0.293 e. The Hall–Kier alpha value is -1.35. The van der Waals surface area contributed by atoms with Crippen LogP contribution in [0.3, 0.4) is 0 Å². The lowest BCUT2D eigenvalue weighted by molar-refractivity contribution is -0.117. The Kier molecular flexibility index (Phi) is 2.49. The lowest BCUT2D eigenvalue weighted by Gasteiger charge is -2.12. The van der Waals surface area contributed by atoms with Crippen LogP contribution in [0.4, 0.5) is 5.82 Å². The Morgan fingerprint density at radius 2 is 2.47 bits per heavy atom. The number of halogens is 1. The monoisotopic (exact) mass is 268 g/mol. The zero-order valence-electron chi connectivity index (χ0n) is 8.12. The second-order valence-electron chi connectivity index (χ2n) is 3.46. The summed E-state index contributed by atoms with van der Waals surface area (Å²) in [7, 11) is 0. The molecule has 1 saturated heterocycles. The minimum Gasteiger partial charge on any atom is -0.293 e. The van der Waals surface area contributed by atoms with Gasteiger partial charge in [0.05, 0.1) is 5.69 Å². The summed E-state index contributed by atoms with van der Waals surface area (Å²) in [6.07, 6.45) is 0.455. The van der Waals surface area contributed by atoms with Crippen LogP contribution >= 0.6 is 15.9 Å². The molecule has 1 amide bonds. The summed E-state index contributed by atoms with van der Waals surface area (Å²) in [5.74, 6) is 0.446. The minimum absolute atomic E-state index is 0.000116. The summed E-state index contributed by atoms with van der Waals surface area (Å²) < 4.78 is 0. The van der Waals surface area contributed by atoms with Crippen molar-refractivity contribution in [1.29, 1.82) is 5.26 Å². The van der Waals surface area contributed by atoms with Gasteiger partial charge in [-0.3, -0.25) is 14.8 Å². The molecule has 1 aromatic rings. The maximum absolute atomic E-state index is 11.6. The summed E-state index contributed by atoms with van der Waals surface area (Å²) in [5, 5.41) is 15.6. The van der Waals surface area contributed by atoms with Crippen molar-refractivity contribution >= 4 is 27.7 Å². The number of nitrogens with zero attached hydrogens (tertiary/aromatic N) is 3. The first-order chi connectivity index (χ1) is 7.13. The number of hydrogen-bond acceptors (Lipinski definition) is 3. The highest BCUT2D eigenvalue weighted by atomic mass is 79.9. The number of alkyl halides is 1. The van der Waals surface area contributed by atoms with Crippen LogP contribution in [0.25, 0.3) is 0 Å². The van der Waals surface area contributed by atoms with Crippen LogP contribution in [-0.4, -0.2) is 27.5 Å². The van der Waals surface area contributed by atoms with Gasteiger partial charge < -0.3 is 0 Å². The van der Waals surface area contributed by atoms with E-state index in [0.717, 1.165) is 0 Å². The molecule has 0 radical (unpaired) electrons. The van der Waals surface area contributed by atoms with Crippen LogP contribution < -0.4 is 4.90 Å². The quantitative estimate of drug-likeness (QED) is 0.775. The van der Waals surface area contributed by atoms with Gasteiger partial charge in [-0.25, -0.2) is 0 Å². The Labute approximate surface area is 95.2 Å². The zero-order valence-corrected chi connectivity index (χ0v) is 9.71. The molecule has 0 aromatic carbocycles. The van der Waals surface area contributed by atoms with E-state index in [1.165, 1.54) is 0 Å². The number of rotatable bonds is 1.